The first-order valence-electron chi connectivity index (χ1n) is 4.89. The lowest BCUT2D eigenvalue weighted by atomic mass is 10.3. The Hall–Kier alpha value is -1.32. The van der Waals surface area contributed by atoms with Crippen LogP contribution in [0.15, 0.2) is 6.33 Å². The minimum Gasteiger partial charge on any atom is -0.370 e. The predicted octanol–water partition coefficient (Wildman–Crippen LogP) is 2.34. The van der Waals surface area contributed by atoms with Crippen LogP contribution < -0.4 is 5.32 Å². The third-order valence-corrected chi connectivity index (χ3v) is 2.03. The van der Waals surface area contributed by atoms with Gasteiger partial charge in [-0.3, -0.25) is 4.79 Å². The average Bonchev–Trinajstić information content (AvgIpc) is 2.48. The molecule has 0 bridgehead atoms. The minimum atomic E-state index is 0. The van der Waals surface area contributed by atoms with Crippen LogP contribution in [-0.2, 0) is 0 Å². The Morgan fingerprint density at radius 1 is 1.71 bits per heavy atom. The summed E-state index contributed by atoms with van der Waals surface area (Å²) >= 11 is 0. The number of anilines is 1. The van der Waals surface area contributed by atoms with Crippen LogP contribution in [0.4, 0.5) is 5.82 Å². The van der Waals surface area contributed by atoms with Gasteiger partial charge < -0.3 is 9.88 Å². The Balaban J connectivity index is 0.00000196. The van der Waals surface area contributed by atoms with Gasteiger partial charge in [-0.05, 0) is 20.8 Å². The number of rotatable bonds is 4. The molecular formula is C10H19N3O. The molecule has 80 valence electrons. The number of carbonyl (C=O) groups is 1. The third kappa shape index (κ3) is 1.95. The molecule has 1 rings (SSSR count). The summed E-state index contributed by atoms with van der Waals surface area (Å²) in [5, 5.41) is 3.17. The normalized spacial score (nSPS) is 10.6. The topological polar surface area (TPSA) is 46.9 Å². The summed E-state index contributed by atoms with van der Waals surface area (Å²) in [6, 6.07) is 0.310. The van der Waals surface area contributed by atoms with Crippen molar-refractivity contribution in [2.24, 2.45) is 0 Å². The molecule has 0 aliphatic carbocycles. The standard InChI is InChI=1S/C10H17N3O.H2/c1-5-11-10-9(8(4)14)12-6-13(10)7(2)3;/h6-7,11H,5H2,1-4H3;1H. The molecule has 1 heterocycles. The smallest absolute Gasteiger partial charge is 0.181 e. The first-order valence-corrected chi connectivity index (χ1v) is 4.89. The van der Waals surface area contributed by atoms with Crippen LogP contribution in [0.1, 0.15) is 45.7 Å². The highest BCUT2D eigenvalue weighted by molar-refractivity contribution is 5.96. The van der Waals surface area contributed by atoms with Crippen LogP contribution in [0, 0.1) is 0 Å². The van der Waals surface area contributed by atoms with Crippen molar-refractivity contribution in [3.8, 4) is 0 Å². The van der Waals surface area contributed by atoms with E-state index in [1.54, 1.807) is 6.33 Å². The fourth-order valence-corrected chi connectivity index (χ4v) is 1.35. The van der Waals surface area contributed by atoms with Crippen molar-refractivity contribution >= 4 is 11.6 Å². The molecule has 0 aliphatic heterocycles. The zero-order chi connectivity index (χ0) is 10.7. The van der Waals surface area contributed by atoms with E-state index in [1.807, 2.05) is 11.5 Å². The van der Waals surface area contributed by atoms with Crippen molar-refractivity contribution < 1.29 is 6.22 Å². The molecule has 4 heteroatoms. The number of ketones is 1. The number of hydrogen-bond acceptors (Lipinski definition) is 3. The first kappa shape index (κ1) is 10.8. The van der Waals surface area contributed by atoms with Gasteiger partial charge in [0.2, 0.25) is 0 Å². The van der Waals surface area contributed by atoms with E-state index in [4.69, 9.17) is 0 Å². The zero-order valence-electron chi connectivity index (χ0n) is 9.16. The number of aromatic nitrogens is 2. The summed E-state index contributed by atoms with van der Waals surface area (Å²) < 4.78 is 1.97. The van der Waals surface area contributed by atoms with E-state index in [-0.39, 0.29) is 7.21 Å². The lowest BCUT2D eigenvalue weighted by Gasteiger charge is -2.12. The molecule has 14 heavy (non-hydrogen) atoms. The van der Waals surface area contributed by atoms with Gasteiger partial charge in [-0.1, -0.05) is 0 Å². The van der Waals surface area contributed by atoms with Gasteiger partial charge in [-0.2, -0.15) is 0 Å². The van der Waals surface area contributed by atoms with Gasteiger partial charge in [-0.25, -0.2) is 4.98 Å². The lowest BCUT2D eigenvalue weighted by Crippen LogP contribution is -2.10. The molecule has 0 aliphatic rings. The Kier molecular flexibility index (Phi) is 3.28. The van der Waals surface area contributed by atoms with E-state index < -0.39 is 0 Å². The Morgan fingerprint density at radius 3 is 2.79 bits per heavy atom. The summed E-state index contributed by atoms with van der Waals surface area (Å²) in [6.45, 7) is 8.45. The van der Waals surface area contributed by atoms with Crippen LogP contribution in [0.3, 0.4) is 0 Å². The first-order chi connectivity index (χ1) is 6.57. The van der Waals surface area contributed by atoms with Gasteiger partial charge >= 0.3 is 0 Å². The minimum absolute atomic E-state index is 0. The van der Waals surface area contributed by atoms with E-state index in [2.05, 4.69) is 24.1 Å². The molecule has 1 aromatic heterocycles. The summed E-state index contributed by atoms with van der Waals surface area (Å²) in [4.78, 5) is 15.4. The van der Waals surface area contributed by atoms with E-state index in [0.717, 1.165) is 12.4 Å². The third-order valence-electron chi connectivity index (χ3n) is 2.03. The van der Waals surface area contributed by atoms with Crippen LogP contribution in [0.25, 0.3) is 0 Å². The van der Waals surface area contributed by atoms with Crippen molar-refractivity contribution in [3.05, 3.63) is 12.0 Å². The van der Waals surface area contributed by atoms with Gasteiger partial charge in [-0.15, -0.1) is 0 Å². The highest BCUT2D eigenvalue weighted by Crippen LogP contribution is 2.19. The van der Waals surface area contributed by atoms with Gasteiger partial charge in [0.1, 0.15) is 11.5 Å². The van der Waals surface area contributed by atoms with Crippen molar-refractivity contribution in [1.29, 1.82) is 0 Å². The highest BCUT2D eigenvalue weighted by atomic mass is 16.1. The Bertz CT molecular complexity index is 333. The molecule has 0 aromatic carbocycles. The Morgan fingerprint density at radius 2 is 2.36 bits per heavy atom. The summed E-state index contributed by atoms with van der Waals surface area (Å²) in [5.41, 5.74) is 0.528. The van der Waals surface area contributed by atoms with E-state index in [0.29, 0.717) is 11.7 Å². The maximum Gasteiger partial charge on any atom is 0.181 e. The van der Waals surface area contributed by atoms with Gasteiger partial charge in [0, 0.05) is 20.9 Å². The number of nitrogens with one attached hydrogen (secondary N) is 1. The molecular weight excluding hydrogens is 178 g/mol. The number of carbonyl (C=O) groups excluding carboxylic acids is 1. The molecule has 1 aromatic rings. The number of nitrogens with zero attached hydrogens (tertiary/aromatic N) is 2. The SMILES string of the molecule is CCNc1c(C(C)=O)ncn1C(C)C.[HH]. The maximum absolute atomic E-state index is 11.3. The predicted molar refractivity (Wildman–Crippen MR) is 58.9 cm³/mol. The monoisotopic (exact) mass is 197 g/mol. The molecule has 0 unspecified atom stereocenters. The maximum atomic E-state index is 11.3. The average molecular weight is 197 g/mol. The summed E-state index contributed by atoms with van der Waals surface area (Å²) in [5.74, 6) is 0.829. The van der Waals surface area contributed by atoms with Gasteiger partial charge in [0.25, 0.3) is 0 Å². The Labute approximate surface area is 85.8 Å². The van der Waals surface area contributed by atoms with Crippen LogP contribution in [0.2, 0.25) is 0 Å². The van der Waals surface area contributed by atoms with Gasteiger partial charge in [0.15, 0.2) is 5.78 Å². The van der Waals surface area contributed by atoms with E-state index in [1.165, 1.54) is 6.92 Å². The molecule has 0 saturated heterocycles. The van der Waals surface area contributed by atoms with Gasteiger partial charge in [0.05, 0.1) is 6.33 Å². The molecule has 0 amide bonds. The summed E-state index contributed by atoms with van der Waals surface area (Å²) in [6.07, 6.45) is 1.71. The van der Waals surface area contributed by atoms with Crippen molar-refractivity contribution in [1.82, 2.24) is 9.55 Å². The van der Waals surface area contributed by atoms with Crippen molar-refractivity contribution in [3.63, 3.8) is 0 Å². The number of hydrogen-bond donors (Lipinski definition) is 1. The van der Waals surface area contributed by atoms with Crippen LogP contribution in [0.5, 0.6) is 0 Å². The fraction of sp³-hybridized carbons (Fsp3) is 0.600. The molecule has 0 spiro atoms. The number of Topliss-reactive ketones (excluding diaryl/α,β-unsaturated/α-hetero) is 1. The van der Waals surface area contributed by atoms with Crippen LogP contribution in [-0.4, -0.2) is 21.9 Å². The second-order valence-electron chi connectivity index (χ2n) is 3.53. The van der Waals surface area contributed by atoms with E-state index in [9.17, 15) is 4.79 Å². The largest absolute Gasteiger partial charge is 0.370 e. The van der Waals surface area contributed by atoms with Crippen LogP contribution >= 0.6 is 0 Å². The fourth-order valence-electron chi connectivity index (χ4n) is 1.35. The van der Waals surface area contributed by atoms with Crippen molar-refractivity contribution in [2.75, 3.05) is 11.9 Å². The highest BCUT2D eigenvalue weighted by Gasteiger charge is 2.15. The van der Waals surface area contributed by atoms with Crippen molar-refractivity contribution in [2.45, 2.75) is 33.7 Å². The lowest BCUT2D eigenvalue weighted by molar-refractivity contribution is 0.101. The molecule has 0 radical (unpaired) electrons. The quantitative estimate of drug-likeness (QED) is 0.754. The number of imidazole rings is 1. The molecule has 0 atom stereocenters. The molecule has 0 fully saturated rings. The van der Waals surface area contributed by atoms with E-state index >= 15 is 0 Å². The second-order valence-corrected chi connectivity index (χ2v) is 3.53. The summed E-state index contributed by atoms with van der Waals surface area (Å²) in [7, 11) is 0. The molecule has 0 saturated carbocycles. The molecule has 4 nitrogen and oxygen atoms in total. The molecule has 1 N–H and O–H groups in total. The zero-order valence-corrected chi connectivity index (χ0v) is 9.16. The second kappa shape index (κ2) is 4.26.